The Labute approximate surface area is 164 Å². The monoisotopic (exact) mass is 400 g/mol. The number of carbonyl (C=O) groups is 1. The Morgan fingerprint density at radius 1 is 1.26 bits per heavy atom. The minimum absolute atomic E-state index is 0.0202. The number of carbonyl (C=O) groups excluding carboxylic acids is 1. The van der Waals surface area contributed by atoms with Gasteiger partial charge in [-0.3, -0.25) is 9.59 Å². The number of rotatable bonds is 5. The summed E-state index contributed by atoms with van der Waals surface area (Å²) in [7, 11) is 0. The molecule has 0 aliphatic rings. The zero-order valence-electron chi connectivity index (χ0n) is 15.3. The Morgan fingerprint density at radius 2 is 2.00 bits per heavy atom. The van der Waals surface area contributed by atoms with E-state index in [0.29, 0.717) is 15.8 Å². The van der Waals surface area contributed by atoms with Gasteiger partial charge in [-0.1, -0.05) is 32.9 Å². The molecule has 1 N–H and O–H groups in total. The van der Waals surface area contributed by atoms with Crippen LogP contribution in [0.3, 0.4) is 0 Å². The van der Waals surface area contributed by atoms with E-state index >= 15 is 0 Å². The molecule has 0 aliphatic heterocycles. The Hall–Kier alpha value is -2.51. The van der Waals surface area contributed by atoms with Gasteiger partial charge in [-0.2, -0.15) is 0 Å². The standard InChI is InChI=1S/C20H20N2O3S2/c1-20(2,3)17(23)9-18-22-19(24)16(27-18)8-13-4-6-15(7-5-13)25-10-14-11-26-12-21-14/h4-9,11-12H,10H2,1-3H3,(H,22,24)/b16-8-,18-9+. The van der Waals surface area contributed by atoms with Gasteiger partial charge in [0.05, 0.1) is 20.4 Å². The van der Waals surface area contributed by atoms with E-state index in [4.69, 9.17) is 4.74 Å². The van der Waals surface area contributed by atoms with Gasteiger partial charge in [-0.05, 0) is 23.8 Å². The van der Waals surface area contributed by atoms with Gasteiger partial charge in [0.1, 0.15) is 12.4 Å². The average Bonchev–Trinajstić information content (AvgIpc) is 3.24. The molecule has 5 nitrogen and oxygen atoms in total. The van der Waals surface area contributed by atoms with Crippen molar-refractivity contribution in [2.75, 3.05) is 0 Å². The summed E-state index contributed by atoms with van der Waals surface area (Å²) in [5, 5.41) is 1.95. The van der Waals surface area contributed by atoms with E-state index in [1.54, 1.807) is 11.6 Å². The van der Waals surface area contributed by atoms with E-state index in [2.05, 4.69) is 9.97 Å². The number of thiazole rings is 2. The number of aromatic amines is 1. The van der Waals surface area contributed by atoms with E-state index in [9.17, 15) is 9.59 Å². The van der Waals surface area contributed by atoms with Crippen LogP contribution in [0.2, 0.25) is 0 Å². The predicted molar refractivity (Wildman–Crippen MR) is 110 cm³/mol. The van der Waals surface area contributed by atoms with Crippen LogP contribution in [0, 0.1) is 5.41 Å². The van der Waals surface area contributed by atoms with Crippen LogP contribution in [0.25, 0.3) is 12.2 Å². The highest BCUT2D eigenvalue weighted by molar-refractivity contribution is 7.07. The molecule has 140 valence electrons. The molecule has 7 heteroatoms. The van der Waals surface area contributed by atoms with Crippen molar-refractivity contribution in [3.8, 4) is 5.75 Å². The Kier molecular flexibility index (Phi) is 5.72. The van der Waals surface area contributed by atoms with Gasteiger partial charge in [0.25, 0.3) is 5.56 Å². The molecule has 0 saturated heterocycles. The van der Waals surface area contributed by atoms with Crippen molar-refractivity contribution in [3.05, 3.63) is 66.0 Å². The molecule has 0 spiro atoms. The molecule has 1 aromatic carbocycles. The predicted octanol–water partition coefficient (Wildman–Crippen LogP) is 2.70. The second-order valence-corrected chi connectivity index (χ2v) is 8.83. The lowest BCUT2D eigenvalue weighted by molar-refractivity contribution is -0.119. The number of ketones is 1. The number of H-pyrrole nitrogens is 1. The van der Waals surface area contributed by atoms with E-state index in [1.807, 2.05) is 50.4 Å². The number of ether oxygens (including phenoxy) is 1. The number of Topliss-reactive ketones (excluding diaryl/α,β-unsaturated/α-hetero) is 1. The van der Waals surface area contributed by atoms with Crippen LogP contribution in [0.15, 0.2) is 40.0 Å². The molecule has 2 heterocycles. The van der Waals surface area contributed by atoms with E-state index < -0.39 is 5.41 Å². The molecule has 0 atom stereocenters. The summed E-state index contributed by atoms with van der Waals surface area (Å²) in [5.41, 5.74) is 2.89. The third-order valence-electron chi connectivity index (χ3n) is 3.73. The Morgan fingerprint density at radius 3 is 2.63 bits per heavy atom. The molecule has 0 saturated carbocycles. The molecule has 0 bridgehead atoms. The fraction of sp³-hybridized carbons (Fsp3) is 0.250. The molecular formula is C20H20N2O3S2. The smallest absolute Gasteiger partial charge is 0.266 e. The van der Waals surface area contributed by atoms with Crippen LogP contribution in [-0.2, 0) is 11.4 Å². The first kappa shape index (κ1) is 19.3. The number of nitrogens with one attached hydrogen (secondary N) is 1. The van der Waals surface area contributed by atoms with Gasteiger partial charge < -0.3 is 9.72 Å². The lowest BCUT2D eigenvalue weighted by Crippen LogP contribution is -2.22. The number of benzene rings is 1. The number of nitrogens with zero attached hydrogens (tertiary/aromatic N) is 1. The highest BCUT2D eigenvalue weighted by atomic mass is 32.1. The van der Waals surface area contributed by atoms with Gasteiger partial charge >= 0.3 is 0 Å². The number of hydrogen-bond acceptors (Lipinski definition) is 6. The molecule has 0 aliphatic carbocycles. The minimum Gasteiger partial charge on any atom is -0.487 e. The first-order valence-corrected chi connectivity index (χ1v) is 10.1. The maximum absolute atomic E-state index is 12.1. The van der Waals surface area contributed by atoms with Crippen molar-refractivity contribution in [1.29, 1.82) is 0 Å². The SMILES string of the molecule is CC(C)(C)C(=O)/C=c1\[nH]c(=O)/c(=C/c2ccc(OCc3cscn3)cc2)s1. The topological polar surface area (TPSA) is 72.0 Å². The van der Waals surface area contributed by atoms with E-state index in [-0.39, 0.29) is 11.3 Å². The zero-order chi connectivity index (χ0) is 19.4. The van der Waals surface area contributed by atoms with Gasteiger partial charge in [0.15, 0.2) is 5.78 Å². The van der Waals surface area contributed by atoms with Crippen molar-refractivity contribution in [2.24, 2.45) is 5.41 Å². The number of aromatic nitrogens is 2. The summed E-state index contributed by atoms with van der Waals surface area (Å²) in [5.74, 6) is 0.721. The lowest BCUT2D eigenvalue weighted by Gasteiger charge is -2.12. The molecule has 0 unspecified atom stereocenters. The van der Waals surface area contributed by atoms with Crippen molar-refractivity contribution in [3.63, 3.8) is 0 Å². The van der Waals surface area contributed by atoms with Crippen LogP contribution in [0.4, 0.5) is 0 Å². The summed E-state index contributed by atoms with van der Waals surface area (Å²) in [6.07, 6.45) is 3.30. The molecule has 3 aromatic rings. The maximum Gasteiger partial charge on any atom is 0.266 e. The normalized spacial score (nSPS) is 13.1. The van der Waals surface area contributed by atoms with Crippen molar-refractivity contribution < 1.29 is 9.53 Å². The van der Waals surface area contributed by atoms with Gasteiger partial charge in [0.2, 0.25) is 0 Å². The Bertz CT molecular complexity index is 1090. The maximum atomic E-state index is 12.1. The lowest BCUT2D eigenvalue weighted by atomic mass is 9.91. The molecule has 0 fully saturated rings. The fourth-order valence-corrected chi connectivity index (χ4v) is 3.57. The molecule has 2 aromatic heterocycles. The fourth-order valence-electron chi connectivity index (χ4n) is 2.14. The van der Waals surface area contributed by atoms with Crippen LogP contribution >= 0.6 is 22.7 Å². The summed E-state index contributed by atoms with van der Waals surface area (Å²) >= 11 is 2.81. The summed E-state index contributed by atoms with van der Waals surface area (Å²) < 4.78 is 6.80. The quantitative estimate of drug-likeness (QED) is 0.715. The molecule has 0 amide bonds. The van der Waals surface area contributed by atoms with Crippen molar-refractivity contribution >= 4 is 40.6 Å². The summed E-state index contributed by atoms with van der Waals surface area (Å²) in [6, 6.07) is 7.49. The van der Waals surface area contributed by atoms with Gasteiger partial charge in [0, 0.05) is 16.9 Å². The molecule has 0 radical (unpaired) electrons. The van der Waals surface area contributed by atoms with Crippen LogP contribution in [0.1, 0.15) is 32.0 Å². The molecular weight excluding hydrogens is 380 g/mol. The highest BCUT2D eigenvalue weighted by Gasteiger charge is 2.18. The average molecular weight is 401 g/mol. The second-order valence-electron chi connectivity index (χ2n) is 7.03. The number of hydrogen-bond donors (Lipinski definition) is 1. The molecule has 27 heavy (non-hydrogen) atoms. The second kappa shape index (κ2) is 8.02. The first-order chi connectivity index (χ1) is 12.8. The van der Waals surface area contributed by atoms with Gasteiger partial charge in [-0.15, -0.1) is 22.7 Å². The third kappa shape index (κ3) is 5.24. The van der Waals surface area contributed by atoms with Crippen LogP contribution in [0.5, 0.6) is 5.75 Å². The molecule has 3 rings (SSSR count). The highest BCUT2D eigenvalue weighted by Crippen LogP contribution is 2.15. The third-order valence-corrected chi connectivity index (χ3v) is 5.33. The van der Waals surface area contributed by atoms with Gasteiger partial charge in [-0.25, -0.2) is 4.98 Å². The van der Waals surface area contributed by atoms with Crippen LogP contribution < -0.4 is 19.5 Å². The summed E-state index contributed by atoms with van der Waals surface area (Å²) in [4.78, 5) is 31.2. The summed E-state index contributed by atoms with van der Waals surface area (Å²) in [6.45, 7) is 5.98. The largest absolute Gasteiger partial charge is 0.487 e. The van der Waals surface area contributed by atoms with E-state index in [0.717, 1.165) is 17.0 Å². The Balaban J connectivity index is 1.77. The van der Waals surface area contributed by atoms with E-state index in [1.165, 1.54) is 28.7 Å². The first-order valence-electron chi connectivity index (χ1n) is 8.38. The van der Waals surface area contributed by atoms with Crippen LogP contribution in [-0.4, -0.2) is 15.8 Å². The zero-order valence-corrected chi connectivity index (χ0v) is 16.9. The van der Waals surface area contributed by atoms with Crippen molar-refractivity contribution in [1.82, 2.24) is 9.97 Å². The van der Waals surface area contributed by atoms with Crippen molar-refractivity contribution in [2.45, 2.75) is 27.4 Å². The minimum atomic E-state index is -0.473.